The molecule has 0 bridgehead atoms. The molecule has 3 aromatic rings. The minimum atomic E-state index is -0.100. The third-order valence-corrected chi connectivity index (χ3v) is 5.77. The van der Waals surface area contributed by atoms with Crippen molar-refractivity contribution in [2.45, 2.75) is 13.3 Å². The van der Waals surface area contributed by atoms with Crippen molar-refractivity contribution in [3.8, 4) is 5.75 Å². The van der Waals surface area contributed by atoms with Crippen LogP contribution in [0, 0.1) is 0 Å². The monoisotopic (exact) mass is 405 g/mol. The minimum absolute atomic E-state index is 0.100. The van der Waals surface area contributed by atoms with E-state index in [1.54, 1.807) is 4.90 Å². The SMILES string of the molecule is CCCOc1ccccc1/C=C1\SC(=S)N(c2cccc3ccccc23)C1=O. The van der Waals surface area contributed by atoms with E-state index in [4.69, 9.17) is 17.0 Å². The van der Waals surface area contributed by atoms with Crippen molar-refractivity contribution < 1.29 is 9.53 Å². The van der Waals surface area contributed by atoms with E-state index < -0.39 is 0 Å². The van der Waals surface area contributed by atoms with Crippen LogP contribution in [0.2, 0.25) is 0 Å². The maximum atomic E-state index is 13.2. The number of hydrogen-bond acceptors (Lipinski definition) is 4. The van der Waals surface area contributed by atoms with E-state index in [9.17, 15) is 4.79 Å². The lowest BCUT2D eigenvalue weighted by molar-refractivity contribution is -0.113. The van der Waals surface area contributed by atoms with Gasteiger partial charge in [-0.05, 0) is 30.0 Å². The zero-order chi connectivity index (χ0) is 19.5. The molecule has 1 saturated heterocycles. The highest BCUT2D eigenvalue weighted by molar-refractivity contribution is 8.27. The summed E-state index contributed by atoms with van der Waals surface area (Å²) in [5, 5.41) is 2.09. The molecule has 0 spiro atoms. The fraction of sp³-hybridized carbons (Fsp3) is 0.130. The van der Waals surface area contributed by atoms with E-state index in [-0.39, 0.29) is 5.91 Å². The Morgan fingerprint density at radius 1 is 1.04 bits per heavy atom. The molecule has 3 nitrogen and oxygen atoms in total. The molecule has 1 fully saturated rings. The van der Waals surface area contributed by atoms with Crippen LogP contribution in [0.5, 0.6) is 5.75 Å². The van der Waals surface area contributed by atoms with Crippen LogP contribution in [0.4, 0.5) is 5.69 Å². The third kappa shape index (κ3) is 3.55. The molecule has 0 radical (unpaired) electrons. The molecule has 1 aliphatic rings. The summed E-state index contributed by atoms with van der Waals surface area (Å²) in [5.74, 6) is 0.677. The number of carbonyl (C=O) groups excluding carboxylic acids is 1. The van der Waals surface area contributed by atoms with Crippen LogP contribution in [-0.2, 0) is 4.79 Å². The first-order valence-corrected chi connectivity index (χ1v) is 10.4. The van der Waals surface area contributed by atoms with E-state index in [2.05, 4.69) is 6.92 Å². The topological polar surface area (TPSA) is 29.5 Å². The fourth-order valence-electron chi connectivity index (χ4n) is 3.16. The number of rotatable bonds is 5. The van der Waals surface area contributed by atoms with Crippen LogP contribution in [0.3, 0.4) is 0 Å². The van der Waals surface area contributed by atoms with Gasteiger partial charge in [0, 0.05) is 10.9 Å². The van der Waals surface area contributed by atoms with Crippen molar-refractivity contribution in [1.82, 2.24) is 0 Å². The van der Waals surface area contributed by atoms with Gasteiger partial charge in [0.2, 0.25) is 0 Å². The normalized spacial score (nSPS) is 15.6. The zero-order valence-electron chi connectivity index (χ0n) is 15.4. The maximum Gasteiger partial charge on any atom is 0.270 e. The Balaban J connectivity index is 1.71. The third-order valence-electron chi connectivity index (χ3n) is 4.47. The van der Waals surface area contributed by atoms with Gasteiger partial charge in [0.25, 0.3) is 5.91 Å². The lowest BCUT2D eigenvalue weighted by atomic mass is 10.1. The largest absolute Gasteiger partial charge is 0.493 e. The molecule has 1 aliphatic heterocycles. The first-order valence-electron chi connectivity index (χ1n) is 9.16. The first kappa shape index (κ1) is 18.7. The fourth-order valence-corrected chi connectivity index (χ4v) is 4.44. The molecule has 0 aliphatic carbocycles. The summed E-state index contributed by atoms with van der Waals surface area (Å²) in [5.41, 5.74) is 1.70. The molecular weight excluding hydrogens is 386 g/mol. The Labute approximate surface area is 174 Å². The number of thiocarbonyl (C=S) groups is 1. The van der Waals surface area contributed by atoms with E-state index >= 15 is 0 Å². The number of thioether (sulfide) groups is 1. The number of anilines is 1. The highest BCUT2D eigenvalue weighted by Gasteiger charge is 2.34. The molecule has 0 aromatic heterocycles. The number of amides is 1. The van der Waals surface area contributed by atoms with Crippen molar-refractivity contribution in [2.24, 2.45) is 0 Å². The van der Waals surface area contributed by atoms with Crippen molar-refractivity contribution in [3.05, 3.63) is 77.2 Å². The summed E-state index contributed by atoms with van der Waals surface area (Å²) >= 11 is 6.88. The van der Waals surface area contributed by atoms with Crippen molar-refractivity contribution in [1.29, 1.82) is 0 Å². The quantitative estimate of drug-likeness (QED) is 0.383. The van der Waals surface area contributed by atoms with Gasteiger partial charge in [0.15, 0.2) is 4.32 Å². The van der Waals surface area contributed by atoms with Gasteiger partial charge < -0.3 is 4.74 Å². The van der Waals surface area contributed by atoms with Gasteiger partial charge in [0.05, 0.1) is 17.2 Å². The lowest BCUT2D eigenvalue weighted by Gasteiger charge is -2.17. The number of hydrogen-bond donors (Lipinski definition) is 0. The molecule has 5 heteroatoms. The van der Waals surface area contributed by atoms with E-state index in [1.165, 1.54) is 11.8 Å². The predicted molar refractivity (Wildman–Crippen MR) is 122 cm³/mol. The molecule has 140 valence electrons. The number of ether oxygens (including phenoxy) is 1. The van der Waals surface area contributed by atoms with Gasteiger partial charge in [-0.3, -0.25) is 9.69 Å². The molecular formula is C23H19NO2S2. The molecule has 3 aromatic carbocycles. The summed E-state index contributed by atoms with van der Waals surface area (Å²) in [7, 11) is 0. The Bertz CT molecular complexity index is 1090. The summed E-state index contributed by atoms with van der Waals surface area (Å²) in [6, 6.07) is 21.7. The van der Waals surface area contributed by atoms with Gasteiger partial charge >= 0.3 is 0 Å². The molecule has 0 atom stereocenters. The van der Waals surface area contributed by atoms with Gasteiger partial charge in [-0.2, -0.15) is 0 Å². The van der Waals surface area contributed by atoms with Gasteiger partial charge in [0.1, 0.15) is 5.75 Å². The van der Waals surface area contributed by atoms with Crippen LogP contribution in [0.25, 0.3) is 16.8 Å². The summed E-state index contributed by atoms with van der Waals surface area (Å²) < 4.78 is 6.36. The zero-order valence-corrected chi connectivity index (χ0v) is 17.1. The molecule has 1 amide bonds. The van der Waals surface area contributed by atoms with Crippen LogP contribution < -0.4 is 9.64 Å². The molecule has 1 heterocycles. The van der Waals surface area contributed by atoms with Crippen LogP contribution in [0.15, 0.2) is 71.6 Å². The van der Waals surface area contributed by atoms with Gasteiger partial charge in [-0.1, -0.05) is 85.5 Å². The number of nitrogens with zero attached hydrogens (tertiary/aromatic N) is 1. The van der Waals surface area contributed by atoms with Gasteiger partial charge in [-0.25, -0.2) is 0 Å². The number of fused-ring (bicyclic) bond motifs is 1. The smallest absolute Gasteiger partial charge is 0.270 e. The average Bonchev–Trinajstić information content (AvgIpc) is 3.00. The maximum absolute atomic E-state index is 13.2. The van der Waals surface area contributed by atoms with Crippen LogP contribution in [0.1, 0.15) is 18.9 Å². The number of carbonyl (C=O) groups is 1. The van der Waals surface area contributed by atoms with Crippen molar-refractivity contribution in [3.63, 3.8) is 0 Å². The molecule has 0 unspecified atom stereocenters. The average molecular weight is 406 g/mol. The Morgan fingerprint density at radius 2 is 1.79 bits per heavy atom. The number of para-hydroxylation sites is 1. The van der Waals surface area contributed by atoms with Crippen molar-refractivity contribution in [2.75, 3.05) is 11.5 Å². The highest BCUT2D eigenvalue weighted by atomic mass is 32.2. The summed E-state index contributed by atoms with van der Waals surface area (Å²) in [4.78, 5) is 15.4. The van der Waals surface area contributed by atoms with Crippen LogP contribution in [-0.4, -0.2) is 16.8 Å². The van der Waals surface area contributed by atoms with Crippen molar-refractivity contribution >= 4 is 56.7 Å². The molecule has 4 rings (SSSR count). The number of benzene rings is 3. The first-order chi connectivity index (χ1) is 13.7. The van der Waals surface area contributed by atoms with E-state index in [1.807, 2.05) is 72.8 Å². The summed E-state index contributed by atoms with van der Waals surface area (Å²) in [6.45, 7) is 2.71. The Hall–Kier alpha value is -2.63. The second-order valence-corrected chi connectivity index (χ2v) is 8.08. The second-order valence-electron chi connectivity index (χ2n) is 6.40. The van der Waals surface area contributed by atoms with E-state index in [0.29, 0.717) is 15.8 Å². The highest BCUT2D eigenvalue weighted by Crippen LogP contribution is 2.39. The Kier molecular flexibility index (Phi) is 5.46. The molecule has 0 saturated carbocycles. The lowest BCUT2D eigenvalue weighted by Crippen LogP contribution is -2.27. The molecule has 0 N–H and O–H groups in total. The van der Waals surface area contributed by atoms with Gasteiger partial charge in [-0.15, -0.1) is 0 Å². The molecule has 28 heavy (non-hydrogen) atoms. The second kappa shape index (κ2) is 8.17. The minimum Gasteiger partial charge on any atom is -0.493 e. The summed E-state index contributed by atoms with van der Waals surface area (Å²) in [6.07, 6.45) is 2.80. The predicted octanol–water partition coefficient (Wildman–Crippen LogP) is 6.03. The van der Waals surface area contributed by atoms with Crippen LogP contribution >= 0.6 is 24.0 Å². The Morgan fingerprint density at radius 3 is 2.64 bits per heavy atom. The standard InChI is InChI=1S/C23H19NO2S2/c1-2-14-26-20-13-6-4-9-17(20)15-21-22(25)24(23(27)28-21)19-12-7-10-16-8-3-5-11-18(16)19/h3-13,15H,2,14H2,1H3/b21-15-. The van der Waals surface area contributed by atoms with E-state index in [0.717, 1.165) is 34.2 Å².